The third kappa shape index (κ3) is 4.71. The van der Waals surface area contributed by atoms with Crippen molar-refractivity contribution in [1.82, 2.24) is 4.90 Å². The van der Waals surface area contributed by atoms with Gasteiger partial charge in [0.1, 0.15) is 5.82 Å². The first-order chi connectivity index (χ1) is 13.2. The normalized spacial score (nSPS) is 22.4. The maximum absolute atomic E-state index is 13.9. The molecule has 5 heteroatoms. The Labute approximate surface area is 164 Å². The van der Waals surface area contributed by atoms with Crippen LogP contribution in [0.25, 0.3) is 0 Å². The van der Waals surface area contributed by atoms with Crippen LogP contribution in [0.1, 0.15) is 23.5 Å². The van der Waals surface area contributed by atoms with Gasteiger partial charge >= 0.3 is 0 Å². The molecule has 1 heterocycles. The summed E-state index contributed by atoms with van der Waals surface area (Å²) < 4.78 is 13.9. The summed E-state index contributed by atoms with van der Waals surface area (Å²) in [5.41, 5.74) is 2.77. The van der Waals surface area contributed by atoms with Crippen molar-refractivity contribution in [2.75, 3.05) is 36.5 Å². The highest BCUT2D eigenvalue weighted by molar-refractivity contribution is 7.99. The number of anilines is 1. The molecule has 142 valence electrons. The number of benzene rings is 2. The predicted molar refractivity (Wildman–Crippen MR) is 110 cm³/mol. The van der Waals surface area contributed by atoms with E-state index in [0.29, 0.717) is 5.56 Å². The average Bonchev–Trinajstić information content (AvgIpc) is 3.49. The first kappa shape index (κ1) is 18.5. The van der Waals surface area contributed by atoms with Gasteiger partial charge in [0.05, 0.1) is 0 Å². The van der Waals surface area contributed by atoms with Gasteiger partial charge in [-0.3, -0.25) is 4.79 Å². The molecule has 0 aromatic heterocycles. The predicted octanol–water partition coefficient (Wildman–Crippen LogP) is 4.16. The van der Waals surface area contributed by atoms with Gasteiger partial charge < -0.3 is 10.2 Å². The van der Waals surface area contributed by atoms with E-state index in [4.69, 9.17) is 0 Å². The Morgan fingerprint density at radius 2 is 1.85 bits per heavy atom. The van der Waals surface area contributed by atoms with E-state index >= 15 is 0 Å². The molecule has 0 bridgehead atoms. The van der Waals surface area contributed by atoms with E-state index in [1.807, 2.05) is 30.0 Å². The summed E-state index contributed by atoms with van der Waals surface area (Å²) in [6.45, 7) is 3.46. The Morgan fingerprint density at radius 1 is 1.11 bits per heavy atom. The van der Waals surface area contributed by atoms with Crippen molar-refractivity contribution in [3.05, 3.63) is 65.5 Å². The summed E-state index contributed by atoms with van der Waals surface area (Å²) in [6, 6.07) is 14.9. The minimum atomic E-state index is -0.213. The molecule has 1 saturated heterocycles. The number of amides is 1. The van der Waals surface area contributed by atoms with Gasteiger partial charge in [0.2, 0.25) is 5.91 Å². The minimum absolute atomic E-state index is 0.00757. The van der Waals surface area contributed by atoms with Crippen LogP contribution in [0.4, 0.5) is 10.1 Å². The van der Waals surface area contributed by atoms with Crippen LogP contribution in [0.15, 0.2) is 48.5 Å². The van der Waals surface area contributed by atoms with Gasteiger partial charge in [-0.2, -0.15) is 11.8 Å². The molecule has 2 unspecified atom stereocenters. The molecule has 0 radical (unpaired) electrons. The molecule has 2 aromatic rings. The molecule has 2 aliphatic rings. The third-order valence-electron chi connectivity index (χ3n) is 5.47. The van der Waals surface area contributed by atoms with Crippen LogP contribution in [-0.2, 0) is 11.2 Å². The monoisotopic (exact) mass is 384 g/mol. The Bertz CT molecular complexity index is 789. The van der Waals surface area contributed by atoms with Crippen molar-refractivity contribution in [1.29, 1.82) is 0 Å². The fraction of sp³-hybridized carbons (Fsp3) is 0.409. The van der Waals surface area contributed by atoms with Crippen LogP contribution in [0, 0.1) is 11.7 Å². The molecule has 4 rings (SSSR count). The van der Waals surface area contributed by atoms with Gasteiger partial charge in [0.15, 0.2) is 0 Å². The number of nitrogens with one attached hydrogen (secondary N) is 1. The SMILES string of the molecule is O=C(Nc1ccc(CCN2CCSCC2)cc1)C1CC1c1ccccc1F. The molecular formula is C22H25FN2OS. The van der Waals surface area contributed by atoms with Crippen LogP contribution < -0.4 is 5.32 Å². The summed E-state index contributed by atoms with van der Waals surface area (Å²) in [6.07, 6.45) is 1.76. The number of halogens is 1. The van der Waals surface area contributed by atoms with Gasteiger partial charge in [-0.05, 0) is 48.1 Å². The average molecular weight is 385 g/mol. The van der Waals surface area contributed by atoms with E-state index < -0.39 is 0 Å². The van der Waals surface area contributed by atoms with Crippen molar-refractivity contribution in [3.63, 3.8) is 0 Å². The first-order valence-electron chi connectivity index (χ1n) is 9.65. The summed E-state index contributed by atoms with van der Waals surface area (Å²) >= 11 is 2.03. The zero-order valence-electron chi connectivity index (χ0n) is 15.4. The second-order valence-electron chi connectivity index (χ2n) is 7.36. The number of carbonyl (C=O) groups is 1. The van der Waals surface area contributed by atoms with Crippen LogP contribution in [-0.4, -0.2) is 41.9 Å². The van der Waals surface area contributed by atoms with E-state index in [-0.39, 0.29) is 23.6 Å². The Kier molecular flexibility index (Phi) is 5.79. The molecule has 3 nitrogen and oxygen atoms in total. The summed E-state index contributed by atoms with van der Waals surface area (Å²) in [7, 11) is 0. The summed E-state index contributed by atoms with van der Waals surface area (Å²) in [5.74, 6) is 2.13. The number of thioether (sulfide) groups is 1. The Morgan fingerprint density at radius 3 is 2.59 bits per heavy atom. The molecule has 1 aliphatic heterocycles. The minimum Gasteiger partial charge on any atom is -0.326 e. The zero-order chi connectivity index (χ0) is 18.6. The van der Waals surface area contributed by atoms with Gasteiger partial charge in [-0.15, -0.1) is 0 Å². The Hall–Kier alpha value is -1.85. The standard InChI is InChI=1S/C22H25FN2OS/c23-21-4-2-1-3-18(21)19-15-20(19)22(26)24-17-7-5-16(6-8-17)9-10-25-11-13-27-14-12-25/h1-8,19-20H,9-15H2,(H,24,26). The number of carbonyl (C=O) groups excluding carboxylic acids is 1. The van der Waals surface area contributed by atoms with Crippen molar-refractivity contribution in [2.45, 2.75) is 18.8 Å². The van der Waals surface area contributed by atoms with Gasteiger partial charge in [0, 0.05) is 42.7 Å². The largest absolute Gasteiger partial charge is 0.326 e. The fourth-order valence-electron chi connectivity index (χ4n) is 3.71. The quantitative estimate of drug-likeness (QED) is 0.812. The molecule has 0 spiro atoms. The maximum atomic E-state index is 13.9. The lowest BCUT2D eigenvalue weighted by atomic mass is 10.1. The van der Waals surface area contributed by atoms with Crippen molar-refractivity contribution >= 4 is 23.4 Å². The van der Waals surface area contributed by atoms with E-state index in [2.05, 4.69) is 22.3 Å². The van der Waals surface area contributed by atoms with E-state index in [1.165, 1.54) is 36.2 Å². The topological polar surface area (TPSA) is 32.3 Å². The highest BCUT2D eigenvalue weighted by Crippen LogP contribution is 2.48. The maximum Gasteiger partial charge on any atom is 0.228 e. The molecule has 1 N–H and O–H groups in total. The summed E-state index contributed by atoms with van der Waals surface area (Å²) in [5, 5.41) is 2.98. The second kappa shape index (κ2) is 8.44. The van der Waals surface area contributed by atoms with Crippen LogP contribution in [0.5, 0.6) is 0 Å². The highest BCUT2D eigenvalue weighted by atomic mass is 32.2. The van der Waals surface area contributed by atoms with Crippen molar-refractivity contribution < 1.29 is 9.18 Å². The lowest BCUT2D eigenvalue weighted by Gasteiger charge is -2.26. The lowest BCUT2D eigenvalue weighted by Crippen LogP contribution is -2.34. The molecule has 27 heavy (non-hydrogen) atoms. The zero-order valence-corrected chi connectivity index (χ0v) is 16.2. The van der Waals surface area contributed by atoms with Crippen LogP contribution in [0.2, 0.25) is 0 Å². The van der Waals surface area contributed by atoms with E-state index in [1.54, 1.807) is 12.1 Å². The molecule has 2 aromatic carbocycles. The highest BCUT2D eigenvalue weighted by Gasteiger charge is 2.45. The molecule has 1 amide bonds. The van der Waals surface area contributed by atoms with E-state index in [0.717, 1.165) is 25.1 Å². The first-order valence-corrected chi connectivity index (χ1v) is 10.8. The van der Waals surface area contributed by atoms with Gasteiger partial charge in [-0.25, -0.2) is 4.39 Å². The Balaban J connectivity index is 1.27. The van der Waals surface area contributed by atoms with Crippen LogP contribution >= 0.6 is 11.8 Å². The van der Waals surface area contributed by atoms with Gasteiger partial charge in [0.25, 0.3) is 0 Å². The number of hydrogen-bond donors (Lipinski definition) is 1. The number of hydrogen-bond acceptors (Lipinski definition) is 3. The van der Waals surface area contributed by atoms with Gasteiger partial charge in [-0.1, -0.05) is 30.3 Å². The van der Waals surface area contributed by atoms with E-state index in [9.17, 15) is 9.18 Å². The molecule has 2 fully saturated rings. The third-order valence-corrected chi connectivity index (χ3v) is 6.42. The second-order valence-corrected chi connectivity index (χ2v) is 8.59. The van der Waals surface area contributed by atoms with Crippen molar-refractivity contribution in [2.24, 2.45) is 5.92 Å². The molecular weight excluding hydrogens is 359 g/mol. The van der Waals surface area contributed by atoms with Crippen molar-refractivity contribution in [3.8, 4) is 0 Å². The summed E-state index contributed by atoms with van der Waals surface area (Å²) in [4.78, 5) is 15.0. The molecule has 2 atom stereocenters. The smallest absolute Gasteiger partial charge is 0.228 e. The number of rotatable bonds is 6. The lowest BCUT2D eigenvalue weighted by molar-refractivity contribution is -0.117. The molecule has 1 saturated carbocycles. The fourth-order valence-corrected chi connectivity index (χ4v) is 4.68. The molecule has 1 aliphatic carbocycles. The van der Waals surface area contributed by atoms with Crippen LogP contribution in [0.3, 0.4) is 0 Å². The number of nitrogens with zero attached hydrogens (tertiary/aromatic N) is 1.